The molecule has 0 saturated heterocycles. The van der Waals surface area contributed by atoms with Crippen LogP contribution >= 0.6 is 23.4 Å². The number of para-hydroxylation sites is 2. The van der Waals surface area contributed by atoms with Crippen LogP contribution in [0.15, 0.2) is 41.2 Å². The lowest BCUT2D eigenvalue weighted by atomic mass is 10.2. The van der Waals surface area contributed by atoms with E-state index in [1.54, 1.807) is 4.57 Å². The van der Waals surface area contributed by atoms with Crippen molar-refractivity contribution in [1.82, 2.24) is 9.55 Å². The van der Waals surface area contributed by atoms with E-state index in [1.807, 2.05) is 48.2 Å². The van der Waals surface area contributed by atoms with E-state index in [0.29, 0.717) is 30.5 Å². The zero-order chi connectivity index (χ0) is 17.9. The molecule has 0 bridgehead atoms. The maximum absolute atomic E-state index is 12.1. The highest BCUT2D eigenvalue weighted by molar-refractivity contribution is 7.98. The molecule has 0 saturated carbocycles. The van der Waals surface area contributed by atoms with Gasteiger partial charge in [-0.1, -0.05) is 23.7 Å². The summed E-state index contributed by atoms with van der Waals surface area (Å²) in [4.78, 5) is 14.9. The van der Waals surface area contributed by atoms with E-state index in [-0.39, 0.29) is 5.69 Å². The number of H-pyrrole nitrogens is 1. The number of thioether (sulfide) groups is 1. The summed E-state index contributed by atoms with van der Waals surface area (Å²) in [5.74, 6) is 3.17. The Labute approximate surface area is 160 Å². The summed E-state index contributed by atoms with van der Waals surface area (Å²) in [6.07, 6.45) is 0.921. The van der Waals surface area contributed by atoms with Gasteiger partial charge in [-0.15, -0.1) is 0 Å². The Morgan fingerprint density at radius 2 is 2.04 bits per heavy atom. The summed E-state index contributed by atoms with van der Waals surface area (Å²) >= 11 is 8.09. The van der Waals surface area contributed by atoms with E-state index in [1.165, 1.54) is 0 Å². The number of aryl methyl sites for hydroxylation is 1. The number of halogens is 1. The molecule has 1 aliphatic heterocycles. The summed E-state index contributed by atoms with van der Waals surface area (Å²) < 4.78 is 13.0. The number of aromatic nitrogens is 2. The quantitative estimate of drug-likeness (QED) is 0.644. The van der Waals surface area contributed by atoms with Crippen molar-refractivity contribution in [1.29, 1.82) is 0 Å². The van der Waals surface area contributed by atoms with Gasteiger partial charge in [-0.2, -0.15) is 11.8 Å². The van der Waals surface area contributed by atoms with Gasteiger partial charge in [-0.3, -0.25) is 4.57 Å². The third kappa shape index (κ3) is 3.57. The van der Waals surface area contributed by atoms with E-state index >= 15 is 0 Å². The minimum absolute atomic E-state index is 0.0465. The second-order valence-electron chi connectivity index (χ2n) is 6.11. The normalized spacial score (nSPS) is 13.3. The van der Waals surface area contributed by atoms with Crippen LogP contribution in [-0.2, 0) is 12.3 Å². The number of hydrogen-bond acceptors (Lipinski definition) is 4. The van der Waals surface area contributed by atoms with Crippen LogP contribution in [0.2, 0.25) is 5.02 Å². The van der Waals surface area contributed by atoms with Gasteiger partial charge in [0.1, 0.15) is 13.2 Å². The van der Waals surface area contributed by atoms with Crippen LogP contribution in [0, 0.1) is 0 Å². The second kappa shape index (κ2) is 7.68. The number of ether oxygens (including phenoxy) is 2. The van der Waals surface area contributed by atoms with Gasteiger partial charge in [-0.25, -0.2) is 4.79 Å². The van der Waals surface area contributed by atoms with Crippen LogP contribution in [0.3, 0.4) is 0 Å². The number of rotatable bonds is 6. The molecule has 2 heterocycles. The molecule has 0 unspecified atom stereocenters. The van der Waals surface area contributed by atoms with E-state index in [4.69, 9.17) is 21.1 Å². The maximum atomic E-state index is 12.1. The van der Waals surface area contributed by atoms with Crippen LogP contribution in [0.4, 0.5) is 0 Å². The fraction of sp³-hybridized carbons (Fsp3) is 0.316. The van der Waals surface area contributed by atoms with Gasteiger partial charge in [0.2, 0.25) is 0 Å². The highest BCUT2D eigenvalue weighted by Crippen LogP contribution is 2.39. The molecule has 2 aromatic carbocycles. The molecule has 1 aromatic heterocycles. The lowest BCUT2D eigenvalue weighted by Gasteiger charge is -2.20. The molecular formula is C19H19ClN2O3S. The van der Waals surface area contributed by atoms with Crippen molar-refractivity contribution in [3.8, 4) is 11.5 Å². The van der Waals surface area contributed by atoms with Crippen molar-refractivity contribution < 1.29 is 9.47 Å². The van der Waals surface area contributed by atoms with Crippen LogP contribution in [-0.4, -0.2) is 28.5 Å². The zero-order valence-corrected chi connectivity index (χ0v) is 15.7. The number of hydrogen-bond donors (Lipinski definition) is 1. The molecule has 7 heteroatoms. The molecule has 3 aromatic rings. The van der Waals surface area contributed by atoms with E-state index in [2.05, 4.69) is 4.98 Å². The fourth-order valence-electron chi connectivity index (χ4n) is 3.09. The third-order valence-electron chi connectivity index (χ3n) is 4.28. The number of nitrogens with one attached hydrogen (secondary N) is 1. The molecule has 0 radical (unpaired) electrons. The number of nitrogens with zero attached hydrogens (tertiary/aromatic N) is 1. The molecule has 26 heavy (non-hydrogen) atoms. The topological polar surface area (TPSA) is 56.2 Å². The first-order chi connectivity index (χ1) is 12.7. The van der Waals surface area contributed by atoms with Crippen molar-refractivity contribution in [3.63, 3.8) is 0 Å². The SMILES string of the molecule is O=c1[nH]c2ccccc2n1CCCSCc1cc(Cl)c2c(c1)OCCO2. The Morgan fingerprint density at radius 3 is 2.96 bits per heavy atom. The number of imidazole rings is 1. The first kappa shape index (κ1) is 17.4. The van der Waals surface area contributed by atoms with Crippen LogP contribution in [0.1, 0.15) is 12.0 Å². The molecule has 4 rings (SSSR count). The Kier molecular flexibility index (Phi) is 5.13. The van der Waals surface area contributed by atoms with Crippen molar-refractivity contribution >= 4 is 34.4 Å². The zero-order valence-electron chi connectivity index (χ0n) is 14.2. The van der Waals surface area contributed by atoms with Crippen LogP contribution in [0.5, 0.6) is 11.5 Å². The van der Waals surface area contributed by atoms with E-state index in [0.717, 1.165) is 40.3 Å². The summed E-state index contributed by atoms with van der Waals surface area (Å²) in [5, 5.41) is 0.600. The number of fused-ring (bicyclic) bond motifs is 2. The van der Waals surface area contributed by atoms with Gasteiger partial charge in [0.05, 0.1) is 16.1 Å². The van der Waals surface area contributed by atoms with Crippen molar-refractivity contribution in [2.45, 2.75) is 18.7 Å². The second-order valence-corrected chi connectivity index (χ2v) is 7.62. The van der Waals surface area contributed by atoms with Crippen molar-refractivity contribution in [2.24, 2.45) is 0 Å². The molecule has 0 atom stereocenters. The first-order valence-electron chi connectivity index (χ1n) is 8.56. The summed E-state index contributed by atoms with van der Waals surface area (Å²) in [5.41, 5.74) is 2.92. The summed E-state index contributed by atoms with van der Waals surface area (Å²) in [7, 11) is 0. The van der Waals surface area contributed by atoms with Gasteiger partial charge in [0.15, 0.2) is 11.5 Å². The minimum atomic E-state index is -0.0465. The molecule has 1 aliphatic rings. The lowest BCUT2D eigenvalue weighted by molar-refractivity contribution is 0.171. The molecule has 136 valence electrons. The molecule has 1 N–H and O–H groups in total. The van der Waals surface area contributed by atoms with Gasteiger partial charge in [0, 0.05) is 12.3 Å². The summed E-state index contributed by atoms with van der Waals surface area (Å²) in [6.45, 7) is 1.80. The Bertz CT molecular complexity index is 983. The van der Waals surface area contributed by atoms with Gasteiger partial charge >= 0.3 is 5.69 Å². The fourth-order valence-corrected chi connectivity index (χ4v) is 4.26. The molecule has 5 nitrogen and oxygen atoms in total. The largest absolute Gasteiger partial charge is 0.486 e. The van der Waals surface area contributed by atoms with Crippen molar-refractivity contribution in [3.05, 3.63) is 57.5 Å². The summed E-state index contributed by atoms with van der Waals surface area (Å²) in [6, 6.07) is 11.7. The Balaban J connectivity index is 1.32. The average molecular weight is 391 g/mol. The van der Waals surface area contributed by atoms with Gasteiger partial charge < -0.3 is 14.5 Å². The lowest BCUT2D eigenvalue weighted by Crippen LogP contribution is -2.17. The Morgan fingerprint density at radius 1 is 1.19 bits per heavy atom. The van der Waals surface area contributed by atoms with Gasteiger partial charge in [0.25, 0.3) is 0 Å². The predicted octanol–water partition coefficient (Wildman–Crippen LogP) is 4.08. The first-order valence-corrected chi connectivity index (χ1v) is 10.1. The maximum Gasteiger partial charge on any atom is 0.326 e. The third-order valence-corrected chi connectivity index (χ3v) is 5.67. The molecule has 0 spiro atoms. The monoisotopic (exact) mass is 390 g/mol. The van der Waals surface area contributed by atoms with E-state index in [9.17, 15) is 4.79 Å². The smallest absolute Gasteiger partial charge is 0.326 e. The molecule has 0 fully saturated rings. The highest BCUT2D eigenvalue weighted by atomic mass is 35.5. The molecule has 0 aliphatic carbocycles. The molecular weight excluding hydrogens is 372 g/mol. The molecule has 0 amide bonds. The van der Waals surface area contributed by atoms with Gasteiger partial charge in [-0.05, 0) is 42.0 Å². The van der Waals surface area contributed by atoms with Crippen molar-refractivity contribution in [2.75, 3.05) is 19.0 Å². The Hall–Kier alpha value is -2.05. The standard InChI is InChI=1S/C19H19ClN2O3S/c20-14-10-13(11-17-18(14)25-8-7-24-17)12-26-9-3-6-22-16-5-2-1-4-15(16)21-19(22)23/h1-2,4-5,10-11H,3,6-9,12H2,(H,21,23). The van der Waals surface area contributed by atoms with Crippen LogP contribution in [0.25, 0.3) is 11.0 Å². The average Bonchev–Trinajstić information content (AvgIpc) is 2.97. The van der Waals surface area contributed by atoms with Crippen LogP contribution < -0.4 is 15.2 Å². The predicted molar refractivity (Wildman–Crippen MR) is 106 cm³/mol. The highest BCUT2D eigenvalue weighted by Gasteiger charge is 2.16. The minimum Gasteiger partial charge on any atom is -0.486 e. The number of aromatic amines is 1. The number of benzene rings is 2. The van der Waals surface area contributed by atoms with E-state index < -0.39 is 0 Å².